The van der Waals surface area contributed by atoms with Gasteiger partial charge in [-0.25, -0.2) is 4.79 Å². The van der Waals surface area contributed by atoms with Gasteiger partial charge in [-0.15, -0.1) is 0 Å². The van der Waals surface area contributed by atoms with E-state index in [1.165, 1.54) is 13.2 Å². The third-order valence-electron chi connectivity index (χ3n) is 3.54. The van der Waals surface area contributed by atoms with Gasteiger partial charge in [0.1, 0.15) is 5.75 Å². The van der Waals surface area contributed by atoms with Crippen molar-refractivity contribution in [3.8, 4) is 28.7 Å². The van der Waals surface area contributed by atoms with Crippen molar-refractivity contribution < 1.29 is 29.0 Å². The zero-order valence-electron chi connectivity index (χ0n) is 14.3. The number of phenolic OH excluding ortho intramolecular Hbond substituents is 1. The van der Waals surface area contributed by atoms with Gasteiger partial charge in [0.2, 0.25) is 0 Å². The van der Waals surface area contributed by atoms with Gasteiger partial charge in [0, 0.05) is 0 Å². The van der Waals surface area contributed by atoms with E-state index < -0.39 is 12.6 Å². The van der Waals surface area contributed by atoms with Crippen LogP contribution in [-0.2, 0) is 4.79 Å². The van der Waals surface area contributed by atoms with Crippen molar-refractivity contribution in [1.82, 2.24) is 10.1 Å². The monoisotopic (exact) mass is 368 g/mol. The number of hydrogen-bond acceptors (Lipinski definition) is 7. The Labute approximate surface area is 154 Å². The van der Waals surface area contributed by atoms with Gasteiger partial charge in [-0.1, -0.05) is 29.4 Å². The predicted molar refractivity (Wildman–Crippen MR) is 96.5 cm³/mol. The molecule has 0 aliphatic rings. The number of hydrogen-bond donors (Lipinski definition) is 2. The van der Waals surface area contributed by atoms with Crippen LogP contribution in [0.15, 0.2) is 47.0 Å². The van der Waals surface area contributed by atoms with Crippen molar-refractivity contribution in [3.05, 3.63) is 53.9 Å². The summed E-state index contributed by atoms with van der Waals surface area (Å²) in [5, 5.41) is 22.4. The Morgan fingerprint density at radius 2 is 2.00 bits per heavy atom. The summed E-state index contributed by atoms with van der Waals surface area (Å²) in [7, 11) is 1.47. The van der Waals surface area contributed by atoms with Crippen LogP contribution in [-0.4, -0.2) is 40.0 Å². The Morgan fingerprint density at radius 3 is 2.74 bits per heavy atom. The van der Waals surface area contributed by atoms with Gasteiger partial charge in [0.15, 0.2) is 23.9 Å². The summed E-state index contributed by atoms with van der Waals surface area (Å²) in [6.07, 6.45) is 3.38. The van der Waals surface area contributed by atoms with Crippen LogP contribution in [0.1, 0.15) is 11.4 Å². The predicted octanol–water partition coefficient (Wildman–Crippen LogP) is 3.08. The van der Waals surface area contributed by atoms with Crippen LogP contribution < -0.4 is 9.47 Å². The van der Waals surface area contributed by atoms with E-state index in [0.29, 0.717) is 22.9 Å². The number of nitrogens with zero attached hydrogens (tertiary/aromatic N) is 2. The number of rotatable bonds is 7. The molecule has 3 rings (SSSR count). The van der Waals surface area contributed by atoms with Crippen LogP contribution in [0.5, 0.6) is 17.2 Å². The van der Waals surface area contributed by atoms with E-state index in [2.05, 4.69) is 10.1 Å². The van der Waals surface area contributed by atoms with Crippen LogP contribution in [0.3, 0.4) is 0 Å². The molecule has 0 saturated heterocycles. The van der Waals surface area contributed by atoms with E-state index >= 15 is 0 Å². The second kappa shape index (κ2) is 8.05. The number of methoxy groups -OCH3 is 1. The molecule has 3 aromatic rings. The minimum absolute atomic E-state index is 0.0540. The summed E-state index contributed by atoms with van der Waals surface area (Å²) in [5.74, 6) is 0.262. The molecule has 27 heavy (non-hydrogen) atoms. The number of aromatic nitrogens is 2. The molecule has 0 radical (unpaired) electrons. The first-order valence-electron chi connectivity index (χ1n) is 7.89. The minimum Gasteiger partial charge on any atom is -0.507 e. The Balaban J connectivity index is 1.76. The van der Waals surface area contributed by atoms with E-state index in [4.69, 9.17) is 19.1 Å². The molecule has 0 spiro atoms. The van der Waals surface area contributed by atoms with Crippen molar-refractivity contribution in [1.29, 1.82) is 0 Å². The van der Waals surface area contributed by atoms with E-state index in [1.54, 1.807) is 48.6 Å². The third kappa shape index (κ3) is 4.43. The average Bonchev–Trinajstić information content (AvgIpc) is 3.14. The van der Waals surface area contributed by atoms with Crippen LogP contribution in [0.25, 0.3) is 23.6 Å². The van der Waals surface area contributed by atoms with Crippen molar-refractivity contribution in [3.63, 3.8) is 0 Å². The second-order valence-electron chi connectivity index (χ2n) is 5.40. The first kappa shape index (κ1) is 18.0. The van der Waals surface area contributed by atoms with E-state index in [0.717, 1.165) is 5.56 Å². The largest absolute Gasteiger partial charge is 0.507 e. The van der Waals surface area contributed by atoms with Crippen LogP contribution in [0, 0.1) is 0 Å². The lowest BCUT2D eigenvalue weighted by Crippen LogP contribution is -2.10. The van der Waals surface area contributed by atoms with Crippen LogP contribution in [0.4, 0.5) is 0 Å². The molecule has 8 heteroatoms. The highest BCUT2D eigenvalue weighted by Gasteiger charge is 2.11. The maximum Gasteiger partial charge on any atom is 0.341 e. The Kier molecular flexibility index (Phi) is 5.36. The molecule has 2 N–H and O–H groups in total. The highest BCUT2D eigenvalue weighted by atomic mass is 16.5. The molecule has 138 valence electrons. The highest BCUT2D eigenvalue weighted by molar-refractivity contribution is 5.70. The van der Waals surface area contributed by atoms with Crippen molar-refractivity contribution in [2.75, 3.05) is 13.7 Å². The number of ether oxygens (including phenoxy) is 2. The molecule has 0 unspecified atom stereocenters. The van der Waals surface area contributed by atoms with Crippen LogP contribution >= 0.6 is 0 Å². The molecule has 0 saturated carbocycles. The van der Waals surface area contributed by atoms with Crippen molar-refractivity contribution in [2.24, 2.45) is 0 Å². The lowest BCUT2D eigenvalue weighted by atomic mass is 10.2. The number of aliphatic carboxylic acids is 1. The normalized spacial score (nSPS) is 10.9. The molecular weight excluding hydrogens is 352 g/mol. The third-order valence-corrected chi connectivity index (χ3v) is 3.54. The maximum atomic E-state index is 10.6. The minimum atomic E-state index is -1.07. The Bertz CT molecular complexity index is 980. The summed E-state index contributed by atoms with van der Waals surface area (Å²) in [6.45, 7) is -0.455. The molecular formula is C19H16N2O6. The van der Waals surface area contributed by atoms with Crippen molar-refractivity contribution >= 4 is 18.1 Å². The van der Waals surface area contributed by atoms with Gasteiger partial charge < -0.3 is 24.2 Å². The molecule has 0 bridgehead atoms. The van der Waals surface area contributed by atoms with E-state index in [9.17, 15) is 9.90 Å². The second-order valence-corrected chi connectivity index (χ2v) is 5.40. The Morgan fingerprint density at radius 1 is 1.19 bits per heavy atom. The summed E-state index contributed by atoms with van der Waals surface area (Å²) in [5.41, 5.74) is 1.22. The molecule has 0 amide bonds. The van der Waals surface area contributed by atoms with Gasteiger partial charge in [0.05, 0.1) is 12.7 Å². The van der Waals surface area contributed by atoms with Gasteiger partial charge in [-0.3, -0.25) is 0 Å². The summed E-state index contributed by atoms with van der Waals surface area (Å²) >= 11 is 0. The van der Waals surface area contributed by atoms with Crippen LogP contribution in [0.2, 0.25) is 0 Å². The summed E-state index contributed by atoms with van der Waals surface area (Å²) in [4.78, 5) is 14.8. The number of phenols is 1. The SMILES string of the molecule is COc1cc(/C=C/c2noc(-c3ccccc3O)n2)ccc1OCC(=O)O. The number of carboxylic acids is 1. The van der Waals surface area contributed by atoms with Gasteiger partial charge in [0.25, 0.3) is 5.89 Å². The first-order valence-corrected chi connectivity index (χ1v) is 7.89. The lowest BCUT2D eigenvalue weighted by molar-refractivity contribution is -0.139. The number of benzene rings is 2. The smallest absolute Gasteiger partial charge is 0.341 e. The summed E-state index contributed by atoms with van der Waals surface area (Å²) in [6, 6.07) is 11.7. The molecule has 1 heterocycles. The number of para-hydroxylation sites is 1. The molecule has 0 atom stereocenters. The molecule has 0 fully saturated rings. The fraction of sp³-hybridized carbons (Fsp3) is 0.105. The standard InChI is InChI=1S/C19H16N2O6/c1-25-16-10-12(6-8-15(16)26-11-18(23)24)7-9-17-20-19(27-21-17)13-4-2-3-5-14(13)22/h2-10,22H,11H2,1H3,(H,23,24)/b9-7+. The van der Waals surface area contributed by atoms with Gasteiger partial charge >= 0.3 is 5.97 Å². The van der Waals surface area contributed by atoms with Crippen molar-refractivity contribution in [2.45, 2.75) is 0 Å². The molecule has 0 aliphatic heterocycles. The van der Waals surface area contributed by atoms with E-state index in [-0.39, 0.29) is 11.6 Å². The molecule has 1 aromatic heterocycles. The average molecular weight is 368 g/mol. The Hall–Kier alpha value is -3.81. The molecule has 8 nitrogen and oxygen atoms in total. The zero-order valence-corrected chi connectivity index (χ0v) is 14.3. The van der Waals surface area contributed by atoms with Gasteiger partial charge in [-0.2, -0.15) is 4.98 Å². The summed E-state index contributed by atoms with van der Waals surface area (Å²) < 4.78 is 15.5. The molecule has 2 aromatic carbocycles. The number of aromatic hydroxyl groups is 1. The number of carbonyl (C=O) groups is 1. The zero-order chi connectivity index (χ0) is 19.2. The fourth-order valence-electron chi connectivity index (χ4n) is 2.28. The quantitative estimate of drug-likeness (QED) is 0.654. The first-order chi connectivity index (χ1) is 13.1. The van der Waals surface area contributed by atoms with Gasteiger partial charge in [-0.05, 0) is 35.9 Å². The fourth-order valence-corrected chi connectivity index (χ4v) is 2.28. The maximum absolute atomic E-state index is 10.6. The number of carboxylic acid groups (broad SMARTS) is 1. The highest BCUT2D eigenvalue weighted by Crippen LogP contribution is 2.29. The topological polar surface area (TPSA) is 115 Å². The molecule has 0 aliphatic carbocycles. The van der Waals surface area contributed by atoms with E-state index in [1.807, 2.05) is 0 Å². The lowest BCUT2D eigenvalue weighted by Gasteiger charge is -2.09.